The van der Waals surface area contributed by atoms with Crippen molar-refractivity contribution in [2.45, 2.75) is 31.6 Å². The zero-order valence-corrected chi connectivity index (χ0v) is 18.8. The van der Waals surface area contributed by atoms with Gasteiger partial charge in [-0.2, -0.15) is 13.2 Å². The molecule has 0 spiro atoms. The van der Waals surface area contributed by atoms with Crippen molar-refractivity contribution in [2.75, 3.05) is 13.1 Å². The SMILES string of the molecule is O=C(NC(CN1CCCC1=O)c1cccc(C(F)(F)F)c1)c1cccn(Cc2ccccc2)c1=O. The number of aromatic nitrogens is 1. The van der Waals surface area contributed by atoms with Gasteiger partial charge in [-0.25, -0.2) is 0 Å². The molecule has 1 fully saturated rings. The Labute approximate surface area is 200 Å². The lowest BCUT2D eigenvalue weighted by Crippen LogP contribution is -2.40. The van der Waals surface area contributed by atoms with Gasteiger partial charge in [-0.3, -0.25) is 14.4 Å². The highest BCUT2D eigenvalue weighted by molar-refractivity contribution is 5.94. The van der Waals surface area contributed by atoms with Gasteiger partial charge in [-0.15, -0.1) is 0 Å². The van der Waals surface area contributed by atoms with E-state index in [-0.39, 0.29) is 30.1 Å². The van der Waals surface area contributed by atoms with E-state index < -0.39 is 29.2 Å². The third-order valence-corrected chi connectivity index (χ3v) is 5.96. The van der Waals surface area contributed by atoms with E-state index in [1.54, 1.807) is 12.3 Å². The van der Waals surface area contributed by atoms with Crippen LogP contribution in [0.15, 0.2) is 77.7 Å². The number of nitrogens with zero attached hydrogens (tertiary/aromatic N) is 2. The van der Waals surface area contributed by atoms with Crippen molar-refractivity contribution >= 4 is 11.8 Å². The molecule has 0 aliphatic carbocycles. The molecule has 2 amide bonds. The quantitative estimate of drug-likeness (QED) is 0.552. The van der Waals surface area contributed by atoms with Crippen molar-refractivity contribution in [1.82, 2.24) is 14.8 Å². The van der Waals surface area contributed by atoms with Crippen LogP contribution >= 0.6 is 0 Å². The van der Waals surface area contributed by atoms with E-state index in [1.165, 1.54) is 27.7 Å². The monoisotopic (exact) mass is 483 g/mol. The zero-order valence-electron chi connectivity index (χ0n) is 18.8. The van der Waals surface area contributed by atoms with Gasteiger partial charge in [0.2, 0.25) is 5.91 Å². The van der Waals surface area contributed by atoms with Gasteiger partial charge in [-0.05, 0) is 41.8 Å². The van der Waals surface area contributed by atoms with Gasteiger partial charge in [0.25, 0.3) is 11.5 Å². The van der Waals surface area contributed by atoms with E-state index in [4.69, 9.17) is 0 Å². The first-order chi connectivity index (χ1) is 16.7. The van der Waals surface area contributed by atoms with E-state index in [0.717, 1.165) is 17.7 Å². The molecule has 1 aliphatic rings. The summed E-state index contributed by atoms with van der Waals surface area (Å²) < 4.78 is 41.3. The number of likely N-dealkylation sites (tertiary alicyclic amines) is 1. The molecule has 182 valence electrons. The summed E-state index contributed by atoms with van der Waals surface area (Å²) >= 11 is 0. The van der Waals surface area contributed by atoms with Crippen LogP contribution in [0.1, 0.15) is 45.9 Å². The first kappa shape index (κ1) is 24.3. The molecule has 2 aromatic carbocycles. The molecule has 35 heavy (non-hydrogen) atoms. The highest BCUT2D eigenvalue weighted by Crippen LogP contribution is 2.31. The number of amides is 2. The summed E-state index contributed by atoms with van der Waals surface area (Å²) in [5.74, 6) is -0.840. The second-order valence-corrected chi connectivity index (χ2v) is 8.43. The maximum Gasteiger partial charge on any atom is 0.416 e. The minimum Gasteiger partial charge on any atom is -0.343 e. The average molecular weight is 483 g/mol. The summed E-state index contributed by atoms with van der Waals surface area (Å²) in [4.78, 5) is 39.8. The molecule has 1 N–H and O–H groups in total. The first-order valence-electron chi connectivity index (χ1n) is 11.2. The number of carbonyl (C=O) groups excluding carboxylic acids is 2. The molecule has 1 aliphatic heterocycles. The van der Waals surface area contributed by atoms with E-state index in [2.05, 4.69) is 5.32 Å². The smallest absolute Gasteiger partial charge is 0.343 e. The highest BCUT2D eigenvalue weighted by Gasteiger charge is 2.32. The van der Waals surface area contributed by atoms with Gasteiger partial charge in [0.05, 0.1) is 18.2 Å². The summed E-state index contributed by atoms with van der Waals surface area (Å²) in [7, 11) is 0. The molecule has 0 radical (unpaired) electrons. The van der Waals surface area contributed by atoms with Crippen LogP contribution < -0.4 is 10.9 Å². The Morgan fingerprint density at radius 3 is 2.46 bits per heavy atom. The van der Waals surface area contributed by atoms with Crippen LogP contribution in [0.25, 0.3) is 0 Å². The van der Waals surface area contributed by atoms with Crippen LogP contribution in [0.4, 0.5) is 13.2 Å². The Kier molecular flexibility index (Phi) is 7.04. The molecule has 0 bridgehead atoms. The molecule has 9 heteroatoms. The van der Waals surface area contributed by atoms with E-state index in [0.29, 0.717) is 19.4 Å². The van der Waals surface area contributed by atoms with Crippen molar-refractivity contribution in [3.63, 3.8) is 0 Å². The number of benzene rings is 2. The Morgan fingerprint density at radius 1 is 1.00 bits per heavy atom. The molecule has 1 unspecified atom stereocenters. The molecular weight excluding hydrogens is 459 g/mol. The third-order valence-electron chi connectivity index (χ3n) is 5.96. The van der Waals surface area contributed by atoms with Crippen LogP contribution in [0.5, 0.6) is 0 Å². The maximum atomic E-state index is 13.3. The molecule has 3 aromatic rings. The topological polar surface area (TPSA) is 71.4 Å². The van der Waals surface area contributed by atoms with Crippen molar-refractivity contribution < 1.29 is 22.8 Å². The van der Waals surface area contributed by atoms with Crippen molar-refractivity contribution in [2.24, 2.45) is 0 Å². The van der Waals surface area contributed by atoms with Crippen molar-refractivity contribution in [1.29, 1.82) is 0 Å². The van der Waals surface area contributed by atoms with Gasteiger partial charge in [0, 0.05) is 25.7 Å². The molecule has 1 aromatic heterocycles. The second-order valence-electron chi connectivity index (χ2n) is 8.43. The predicted molar refractivity (Wildman–Crippen MR) is 124 cm³/mol. The minimum absolute atomic E-state index is 0.0108. The highest BCUT2D eigenvalue weighted by atomic mass is 19.4. The molecule has 1 saturated heterocycles. The lowest BCUT2D eigenvalue weighted by atomic mass is 10.0. The van der Waals surface area contributed by atoms with E-state index in [1.807, 2.05) is 30.3 Å². The normalized spacial score (nSPS) is 14.7. The van der Waals surface area contributed by atoms with Gasteiger partial charge in [0.1, 0.15) is 5.56 Å². The molecule has 2 heterocycles. The summed E-state index contributed by atoms with van der Waals surface area (Å²) in [5, 5.41) is 2.69. The summed E-state index contributed by atoms with van der Waals surface area (Å²) in [5.41, 5.74) is -0.427. The average Bonchev–Trinajstić information content (AvgIpc) is 3.24. The zero-order chi connectivity index (χ0) is 25.0. The number of pyridine rings is 1. The molecule has 0 saturated carbocycles. The number of rotatable bonds is 7. The Morgan fingerprint density at radius 2 is 1.77 bits per heavy atom. The van der Waals surface area contributed by atoms with Crippen LogP contribution in [-0.2, 0) is 17.5 Å². The standard InChI is InChI=1S/C26H24F3N3O3/c27-26(28,29)20-10-4-9-19(15-20)22(17-31-13-6-12-23(31)33)30-24(34)21-11-5-14-32(25(21)35)16-18-7-2-1-3-8-18/h1-5,7-11,14-15,22H,6,12-13,16-17H2,(H,30,34). The fourth-order valence-corrected chi connectivity index (χ4v) is 4.13. The largest absolute Gasteiger partial charge is 0.416 e. The van der Waals surface area contributed by atoms with Crippen LogP contribution in [0, 0.1) is 0 Å². The number of nitrogens with one attached hydrogen (secondary N) is 1. The lowest BCUT2D eigenvalue weighted by molar-refractivity contribution is -0.137. The van der Waals surface area contributed by atoms with Gasteiger partial charge >= 0.3 is 6.18 Å². The number of hydrogen-bond donors (Lipinski definition) is 1. The van der Waals surface area contributed by atoms with Gasteiger partial charge in [0.15, 0.2) is 0 Å². The third kappa shape index (κ3) is 5.79. The lowest BCUT2D eigenvalue weighted by Gasteiger charge is -2.26. The fraction of sp³-hybridized carbons (Fsp3) is 0.269. The van der Waals surface area contributed by atoms with Crippen LogP contribution in [0.2, 0.25) is 0 Å². The van der Waals surface area contributed by atoms with Gasteiger partial charge in [-0.1, -0.05) is 42.5 Å². The fourth-order valence-electron chi connectivity index (χ4n) is 4.13. The summed E-state index contributed by atoms with van der Waals surface area (Å²) in [6.07, 6.45) is -1.99. The molecule has 4 rings (SSSR count). The van der Waals surface area contributed by atoms with Crippen LogP contribution in [0.3, 0.4) is 0 Å². The molecule has 6 nitrogen and oxygen atoms in total. The minimum atomic E-state index is -4.56. The van der Waals surface area contributed by atoms with Crippen molar-refractivity contribution in [3.8, 4) is 0 Å². The van der Waals surface area contributed by atoms with E-state index in [9.17, 15) is 27.6 Å². The Balaban J connectivity index is 1.62. The second kappa shape index (κ2) is 10.2. The predicted octanol–water partition coefficient (Wildman–Crippen LogP) is 4.01. The maximum absolute atomic E-state index is 13.3. The van der Waals surface area contributed by atoms with Gasteiger partial charge < -0.3 is 14.8 Å². The number of alkyl halides is 3. The van der Waals surface area contributed by atoms with Crippen LogP contribution in [-0.4, -0.2) is 34.4 Å². The van der Waals surface area contributed by atoms with Crippen molar-refractivity contribution in [3.05, 3.63) is 106 Å². The molecule has 1 atom stereocenters. The number of hydrogen-bond acceptors (Lipinski definition) is 3. The summed E-state index contributed by atoms with van der Waals surface area (Å²) in [6.45, 7) is 0.733. The summed E-state index contributed by atoms with van der Waals surface area (Å²) in [6, 6.07) is 15.9. The Bertz CT molecular complexity index is 1270. The Hall–Kier alpha value is -3.88. The molecular formula is C26H24F3N3O3. The number of halogens is 3. The van der Waals surface area contributed by atoms with E-state index >= 15 is 0 Å². The number of carbonyl (C=O) groups is 2. The first-order valence-corrected chi connectivity index (χ1v) is 11.2.